The molecule has 2 heterocycles. The van der Waals surface area contributed by atoms with E-state index in [1.165, 1.54) is 18.4 Å². The number of furan rings is 1. The average molecular weight is 286 g/mol. The second kappa shape index (κ2) is 6.31. The normalized spacial score (nSPS) is 15.9. The summed E-state index contributed by atoms with van der Waals surface area (Å²) in [5.74, 6) is 3.38. The molecule has 1 atom stereocenters. The van der Waals surface area contributed by atoms with Crippen molar-refractivity contribution in [1.82, 2.24) is 10.3 Å². The second-order valence-electron chi connectivity index (χ2n) is 5.81. The molecule has 4 nitrogen and oxygen atoms in total. The first-order valence-corrected chi connectivity index (χ1v) is 7.58. The molecule has 3 rings (SSSR count). The summed E-state index contributed by atoms with van der Waals surface area (Å²) >= 11 is 0. The summed E-state index contributed by atoms with van der Waals surface area (Å²) in [6.45, 7) is 5.63. The zero-order valence-electron chi connectivity index (χ0n) is 12.6. The Balaban J connectivity index is 1.53. The third kappa shape index (κ3) is 4.08. The Labute approximate surface area is 125 Å². The summed E-state index contributed by atoms with van der Waals surface area (Å²) in [5.41, 5.74) is 1.17. The fourth-order valence-electron chi connectivity index (χ4n) is 2.18. The Morgan fingerprint density at radius 1 is 1.38 bits per heavy atom. The molecule has 2 aromatic rings. The lowest BCUT2D eigenvalue weighted by atomic mass is 10.2. The summed E-state index contributed by atoms with van der Waals surface area (Å²) < 4.78 is 11.3. The van der Waals surface area contributed by atoms with E-state index in [4.69, 9.17) is 9.15 Å². The quantitative estimate of drug-likeness (QED) is 0.844. The number of aryl methyl sites for hydroxylation is 1. The molecule has 0 bridgehead atoms. The Kier molecular flexibility index (Phi) is 4.25. The van der Waals surface area contributed by atoms with E-state index in [9.17, 15) is 0 Å². The number of hydrogen-bond donors (Lipinski definition) is 1. The SMILES string of the molecule is Cc1ccc(C(C)NCc2ccnc(OCC3CC3)c2)o1. The van der Waals surface area contributed by atoms with Crippen LogP contribution in [0.3, 0.4) is 0 Å². The molecule has 112 valence electrons. The Morgan fingerprint density at radius 2 is 2.24 bits per heavy atom. The van der Waals surface area contributed by atoms with Gasteiger partial charge in [0.05, 0.1) is 12.6 Å². The molecule has 1 saturated carbocycles. The topological polar surface area (TPSA) is 47.3 Å². The highest BCUT2D eigenvalue weighted by atomic mass is 16.5. The Bertz CT molecular complexity index is 590. The zero-order valence-corrected chi connectivity index (χ0v) is 12.6. The van der Waals surface area contributed by atoms with E-state index in [-0.39, 0.29) is 6.04 Å². The van der Waals surface area contributed by atoms with Gasteiger partial charge in [0.15, 0.2) is 0 Å². The van der Waals surface area contributed by atoms with E-state index >= 15 is 0 Å². The molecule has 0 radical (unpaired) electrons. The van der Waals surface area contributed by atoms with E-state index in [0.29, 0.717) is 0 Å². The van der Waals surface area contributed by atoms with Crippen LogP contribution in [0.5, 0.6) is 5.88 Å². The monoisotopic (exact) mass is 286 g/mol. The van der Waals surface area contributed by atoms with Crippen LogP contribution in [0, 0.1) is 12.8 Å². The van der Waals surface area contributed by atoms with Crippen molar-refractivity contribution in [3.8, 4) is 5.88 Å². The Hall–Kier alpha value is -1.81. The van der Waals surface area contributed by atoms with Crippen molar-refractivity contribution in [2.45, 2.75) is 39.3 Å². The Morgan fingerprint density at radius 3 is 2.95 bits per heavy atom. The van der Waals surface area contributed by atoms with Crippen LogP contribution < -0.4 is 10.1 Å². The van der Waals surface area contributed by atoms with Crippen LogP contribution in [0.2, 0.25) is 0 Å². The average Bonchev–Trinajstić information content (AvgIpc) is 3.23. The minimum absolute atomic E-state index is 0.183. The predicted molar refractivity (Wildman–Crippen MR) is 81.2 cm³/mol. The summed E-state index contributed by atoms with van der Waals surface area (Å²) in [7, 11) is 0. The lowest BCUT2D eigenvalue weighted by Gasteiger charge is -2.12. The van der Waals surface area contributed by atoms with Gasteiger partial charge < -0.3 is 14.5 Å². The van der Waals surface area contributed by atoms with Gasteiger partial charge in [0.25, 0.3) is 0 Å². The molecule has 1 aliphatic carbocycles. The number of rotatable bonds is 7. The van der Waals surface area contributed by atoms with Gasteiger partial charge in [-0.2, -0.15) is 0 Å². The van der Waals surface area contributed by atoms with Gasteiger partial charge in [0.1, 0.15) is 11.5 Å². The summed E-state index contributed by atoms with van der Waals surface area (Å²) in [6.07, 6.45) is 4.39. The van der Waals surface area contributed by atoms with Gasteiger partial charge in [0.2, 0.25) is 5.88 Å². The highest BCUT2D eigenvalue weighted by Gasteiger charge is 2.22. The number of nitrogens with zero attached hydrogens (tertiary/aromatic N) is 1. The maximum absolute atomic E-state index is 5.71. The number of nitrogens with one attached hydrogen (secondary N) is 1. The minimum Gasteiger partial charge on any atom is -0.477 e. The van der Waals surface area contributed by atoms with Crippen molar-refractivity contribution in [3.05, 3.63) is 47.5 Å². The van der Waals surface area contributed by atoms with Gasteiger partial charge in [0, 0.05) is 18.8 Å². The zero-order chi connectivity index (χ0) is 14.7. The van der Waals surface area contributed by atoms with Gasteiger partial charge in [-0.3, -0.25) is 0 Å². The summed E-state index contributed by atoms with van der Waals surface area (Å²) in [4.78, 5) is 4.26. The van der Waals surface area contributed by atoms with E-state index in [1.807, 2.05) is 31.2 Å². The molecule has 0 aliphatic heterocycles. The number of hydrogen-bond acceptors (Lipinski definition) is 4. The molecule has 1 aliphatic rings. The molecule has 0 spiro atoms. The van der Waals surface area contributed by atoms with Crippen molar-refractivity contribution in [3.63, 3.8) is 0 Å². The molecule has 0 amide bonds. The van der Waals surface area contributed by atoms with Gasteiger partial charge in [-0.25, -0.2) is 4.98 Å². The van der Waals surface area contributed by atoms with Crippen LogP contribution >= 0.6 is 0 Å². The largest absolute Gasteiger partial charge is 0.477 e. The van der Waals surface area contributed by atoms with Crippen molar-refractivity contribution >= 4 is 0 Å². The molecule has 0 aromatic carbocycles. The molecule has 21 heavy (non-hydrogen) atoms. The maximum Gasteiger partial charge on any atom is 0.213 e. The molecular formula is C17H22N2O2. The predicted octanol–water partition coefficient (Wildman–Crippen LogP) is 3.62. The number of ether oxygens (including phenoxy) is 1. The second-order valence-corrected chi connectivity index (χ2v) is 5.81. The van der Waals surface area contributed by atoms with Crippen LogP contribution in [0.25, 0.3) is 0 Å². The summed E-state index contributed by atoms with van der Waals surface area (Å²) in [6, 6.07) is 8.21. The van der Waals surface area contributed by atoms with E-state index < -0.39 is 0 Å². The van der Waals surface area contributed by atoms with Crippen LogP contribution in [0.15, 0.2) is 34.9 Å². The fourth-order valence-corrected chi connectivity index (χ4v) is 2.18. The molecule has 1 unspecified atom stereocenters. The van der Waals surface area contributed by atoms with Gasteiger partial charge in [-0.1, -0.05) is 0 Å². The van der Waals surface area contributed by atoms with Crippen molar-refractivity contribution in [1.29, 1.82) is 0 Å². The van der Waals surface area contributed by atoms with Gasteiger partial charge in [-0.15, -0.1) is 0 Å². The standard InChI is InChI=1S/C17H22N2O2/c1-12-3-6-16(21-12)13(2)19-10-15-7-8-18-17(9-15)20-11-14-4-5-14/h3,6-9,13-14,19H,4-5,10-11H2,1-2H3. The first kappa shape index (κ1) is 14.1. The van der Waals surface area contributed by atoms with Crippen LogP contribution in [-0.2, 0) is 6.54 Å². The highest BCUT2D eigenvalue weighted by Crippen LogP contribution is 2.29. The fraction of sp³-hybridized carbons (Fsp3) is 0.471. The van der Waals surface area contributed by atoms with Gasteiger partial charge >= 0.3 is 0 Å². The number of aromatic nitrogens is 1. The first-order valence-electron chi connectivity index (χ1n) is 7.58. The van der Waals surface area contributed by atoms with Crippen LogP contribution in [0.1, 0.15) is 42.9 Å². The van der Waals surface area contributed by atoms with E-state index in [1.54, 1.807) is 6.20 Å². The molecule has 0 saturated heterocycles. The summed E-state index contributed by atoms with van der Waals surface area (Å²) in [5, 5.41) is 3.46. The highest BCUT2D eigenvalue weighted by molar-refractivity contribution is 5.21. The van der Waals surface area contributed by atoms with Crippen molar-refractivity contribution < 1.29 is 9.15 Å². The first-order chi connectivity index (χ1) is 10.2. The molecule has 1 N–H and O–H groups in total. The van der Waals surface area contributed by atoms with Crippen molar-refractivity contribution in [2.24, 2.45) is 5.92 Å². The third-order valence-electron chi connectivity index (χ3n) is 3.76. The van der Waals surface area contributed by atoms with Gasteiger partial charge in [-0.05, 0) is 56.4 Å². The lowest BCUT2D eigenvalue weighted by molar-refractivity contribution is 0.288. The van der Waals surface area contributed by atoms with Crippen LogP contribution in [0.4, 0.5) is 0 Å². The molecule has 2 aromatic heterocycles. The minimum atomic E-state index is 0.183. The third-order valence-corrected chi connectivity index (χ3v) is 3.76. The molecule has 1 fully saturated rings. The van der Waals surface area contributed by atoms with Crippen molar-refractivity contribution in [2.75, 3.05) is 6.61 Å². The molecule has 4 heteroatoms. The van der Waals surface area contributed by atoms with Crippen LogP contribution in [-0.4, -0.2) is 11.6 Å². The van der Waals surface area contributed by atoms with E-state index in [2.05, 4.69) is 17.2 Å². The van der Waals surface area contributed by atoms with E-state index in [0.717, 1.165) is 36.5 Å². The maximum atomic E-state index is 5.71. The smallest absolute Gasteiger partial charge is 0.213 e. The lowest BCUT2D eigenvalue weighted by Crippen LogP contribution is -2.17. The number of pyridine rings is 1. The molecular weight excluding hydrogens is 264 g/mol.